The number of rotatable bonds is 5. The van der Waals surface area contributed by atoms with Crippen molar-refractivity contribution in [2.45, 2.75) is 44.8 Å². The molecule has 0 spiro atoms. The van der Waals surface area contributed by atoms with Crippen LogP contribution in [0.25, 0.3) is 10.4 Å². The number of likely N-dealkylation sites (N-methyl/N-ethyl adjacent to an activating group) is 1. The summed E-state index contributed by atoms with van der Waals surface area (Å²) in [6.07, 6.45) is 6.64. The third-order valence-electron chi connectivity index (χ3n) is 5.50. The number of hydrogen-bond donors (Lipinski definition) is 1. The van der Waals surface area contributed by atoms with Crippen molar-refractivity contribution < 1.29 is 9.53 Å². The Kier molecular flexibility index (Phi) is 5.27. The van der Waals surface area contributed by atoms with E-state index in [2.05, 4.69) is 23.3 Å². The van der Waals surface area contributed by atoms with E-state index in [4.69, 9.17) is 4.74 Å². The monoisotopic (exact) mass is 370 g/mol. The Morgan fingerprint density at radius 2 is 2.08 bits per heavy atom. The van der Waals surface area contributed by atoms with Gasteiger partial charge in [0, 0.05) is 35.1 Å². The maximum Gasteiger partial charge on any atom is 0.261 e. The highest BCUT2D eigenvalue weighted by molar-refractivity contribution is 7.17. The van der Waals surface area contributed by atoms with Crippen LogP contribution in [0.5, 0.6) is 5.75 Å². The molecule has 4 nitrogen and oxygen atoms in total. The molecule has 4 rings (SSSR count). The van der Waals surface area contributed by atoms with Crippen molar-refractivity contribution >= 4 is 17.2 Å². The Morgan fingerprint density at radius 3 is 2.92 bits per heavy atom. The molecule has 0 bridgehead atoms. The minimum Gasteiger partial charge on any atom is -0.488 e. The van der Waals surface area contributed by atoms with E-state index < -0.39 is 0 Å². The van der Waals surface area contributed by atoms with Crippen LogP contribution in [0.15, 0.2) is 30.3 Å². The molecule has 1 fully saturated rings. The van der Waals surface area contributed by atoms with Gasteiger partial charge in [-0.05, 0) is 38.1 Å². The molecule has 2 aliphatic rings. The van der Waals surface area contributed by atoms with Crippen LogP contribution in [0.1, 0.15) is 47.3 Å². The molecule has 1 aromatic carbocycles. The Bertz CT molecular complexity index is 780. The predicted octanol–water partition coefficient (Wildman–Crippen LogP) is 4.30. The number of benzene rings is 1. The highest BCUT2D eigenvalue weighted by Crippen LogP contribution is 2.42. The topological polar surface area (TPSA) is 41.6 Å². The highest BCUT2D eigenvalue weighted by Gasteiger charge is 2.22. The number of thiophene rings is 1. The van der Waals surface area contributed by atoms with Crippen molar-refractivity contribution in [2.24, 2.45) is 0 Å². The van der Waals surface area contributed by atoms with Gasteiger partial charge in [0.05, 0.1) is 4.88 Å². The molecule has 1 saturated carbocycles. The van der Waals surface area contributed by atoms with Crippen LogP contribution in [0.2, 0.25) is 0 Å². The fraction of sp³-hybridized carbons (Fsp3) is 0.476. The van der Waals surface area contributed by atoms with Crippen LogP contribution in [-0.4, -0.2) is 37.0 Å². The van der Waals surface area contributed by atoms with E-state index in [0.717, 1.165) is 33.2 Å². The average Bonchev–Trinajstić information content (AvgIpc) is 3.13. The number of amides is 1. The van der Waals surface area contributed by atoms with E-state index in [1.54, 1.807) is 11.3 Å². The van der Waals surface area contributed by atoms with E-state index in [0.29, 0.717) is 19.2 Å². The zero-order valence-corrected chi connectivity index (χ0v) is 16.1. The SMILES string of the molecule is CN(CCNC(=O)c1cc2c(s1)-c1ccccc1OC2)C1CCCCC1. The third kappa shape index (κ3) is 3.64. The van der Waals surface area contributed by atoms with Crippen molar-refractivity contribution in [1.29, 1.82) is 0 Å². The maximum absolute atomic E-state index is 12.6. The fourth-order valence-corrected chi connectivity index (χ4v) is 5.06. The van der Waals surface area contributed by atoms with E-state index in [1.165, 1.54) is 32.1 Å². The van der Waals surface area contributed by atoms with Crippen molar-refractivity contribution in [3.8, 4) is 16.2 Å². The molecule has 1 aliphatic carbocycles. The van der Waals surface area contributed by atoms with Gasteiger partial charge >= 0.3 is 0 Å². The molecule has 0 radical (unpaired) electrons. The molecule has 0 atom stereocenters. The van der Waals surface area contributed by atoms with E-state index in [1.807, 2.05) is 24.3 Å². The van der Waals surface area contributed by atoms with Crippen molar-refractivity contribution in [3.63, 3.8) is 0 Å². The Hall–Kier alpha value is -1.85. The molecular weight excluding hydrogens is 344 g/mol. The molecule has 1 aromatic heterocycles. The summed E-state index contributed by atoms with van der Waals surface area (Å²) in [4.78, 5) is 16.9. The largest absolute Gasteiger partial charge is 0.488 e. The van der Waals surface area contributed by atoms with Crippen LogP contribution >= 0.6 is 11.3 Å². The van der Waals surface area contributed by atoms with E-state index in [9.17, 15) is 4.79 Å². The van der Waals surface area contributed by atoms with Crippen molar-refractivity contribution in [2.75, 3.05) is 20.1 Å². The van der Waals surface area contributed by atoms with Gasteiger partial charge in [-0.15, -0.1) is 11.3 Å². The second-order valence-corrected chi connectivity index (χ2v) is 8.33. The summed E-state index contributed by atoms with van der Waals surface area (Å²) in [5.74, 6) is 0.932. The zero-order chi connectivity index (χ0) is 17.9. The summed E-state index contributed by atoms with van der Waals surface area (Å²) in [5, 5.41) is 3.09. The van der Waals surface area contributed by atoms with E-state index >= 15 is 0 Å². The number of hydrogen-bond acceptors (Lipinski definition) is 4. The molecule has 0 unspecified atom stereocenters. The number of fused-ring (bicyclic) bond motifs is 3. The maximum atomic E-state index is 12.6. The lowest BCUT2D eigenvalue weighted by Gasteiger charge is -2.31. The lowest BCUT2D eigenvalue weighted by Crippen LogP contribution is -2.39. The quantitative estimate of drug-likeness (QED) is 0.853. The molecule has 5 heteroatoms. The first-order chi connectivity index (χ1) is 12.7. The average molecular weight is 371 g/mol. The first-order valence-electron chi connectivity index (χ1n) is 9.56. The van der Waals surface area contributed by atoms with Gasteiger partial charge in [-0.2, -0.15) is 0 Å². The summed E-state index contributed by atoms with van der Waals surface area (Å²) >= 11 is 1.57. The van der Waals surface area contributed by atoms with Gasteiger partial charge in [0.15, 0.2) is 0 Å². The van der Waals surface area contributed by atoms with Gasteiger partial charge in [0.1, 0.15) is 12.4 Å². The second kappa shape index (κ2) is 7.80. The number of ether oxygens (including phenoxy) is 1. The first-order valence-corrected chi connectivity index (χ1v) is 10.4. The molecular formula is C21H26N2O2S. The molecule has 1 N–H and O–H groups in total. The van der Waals surface area contributed by atoms with Crippen molar-refractivity contribution in [1.82, 2.24) is 10.2 Å². The molecule has 138 valence electrons. The molecule has 1 aliphatic heterocycles. The first kappa shape index (κ1) is 17.6. The Labute approximate surface area is 159 Å². The van der Waals surface area contributed by atoms with Crippen LogP contribution in [0.3, 0.4) is 0 Å². The van der Waals surface area contributed by atoms with Gasteiger partial charge in [0.25, 0.3) is 5.91 Å². The molecule has 1 amide bonds. The van der Waals surface area contributed by atoms with Crippen LogP contribution in [-0.2, 0) is 6.61 Å². The minimum absolute atomic E-state index is 0.0268. The minimum atomic E-state index is 0.0268. The Morgan fingerprint density at radius 1 is 1.27 bits per heavy atom. The zero-order valence-electron chi connectivity index (χ0n) is 15.3. The summed E-state index contributed by atoms with van der Waals surface area (Å²) < 4.78 is 5.79. The van der Waals surface area contributed by atoms with Gasteiger partial charge in [-0.3, -0.25) is 4.79 Å². The highest BCUT2D eigenvalue weighted by atomic mass is 32.1. The van der Waals surface area contributed by atoms with Gasteiger partial charge < -0.3 is 15.0 Å². The van der Waals surface area contributed by atoms with Crippen LogP contribution in [0, 0.1) is 0 Å². The molecule has 2 aromatic rings. The summed E-state index contributed by atoms with van der Waals surface area (Å²) in [6.45, 7) is 2.15. The normalized spacial score (nSPS) is 16.7. The molecule has 26 heavy (non-hydrogen) atoms. The smallest absolute Gasteiger partial charge is 0.261 e. The molecule has 0 saturated heterocycles. The summed E-state index contributed by atoms with van der Waals surface area (Å²) in [6, 6.07) is 10.7. The fourth-order valence-electron chi connectivity index (χ4n) is 3.95. The molecule has 2 heterocycles. The van der Waals surface area contributed by atoms with Gasteiger partial charge in [-0.25, -0.2) is 0 Å². The predicted molar refractivity (Wildman–Crippen MR) is 106 cm³/mol. The van der Waals surface area contributed by atoms with E-state index in [-0.39, 0.29) is 5.91 Å². The third-order valence-corrected chi connectivity index (χ3v) is 6.71. The number of nitrogens with one attached hydrogen (secondary N) is 1. The lowest BCUT2D eigenvalue weighted by molar-refractivity contribution is 0.0948. The number of para-hydroxylation sites is 1. The van der Waals surface area contributed by atoms with Gasteiger partial charge in [0.2, 0.25) is 0 Å². The van der Waals surface area contributed by atoms with Crippen LogP contribution in [0.4, 0.5) is 0 Å². The standard InChI is InChI=1S/C21H26N2O2S/c1-23(16-7-3-2-4-8-16)12-11-22-21(24)19-13-15-14-25-18-10-6-5-9-17(18)20(15)26-19/h5-6,9-10,13,16H,2-4,7-8,11-12,14H2,1H3,(H,22,24). The second-order valence-electron chi connectivity index (χ2n) is 7.28. The summed E-state index contributed by atoms with van der Waals surface area (Å²) in [7, 11) is 2.18. The van der Waals surface area contributed by atoms with Gasteiger partial charge in [-0.1, -0.05) is 31.4 Å². The summed E-state index contributed by atoms with van der Waals surface area (Å²) in [5.41, 5.74) is 2.20. The van der Waals surface area contributed by atoms with Crippen molar-refractivity contribution in [3.05, 3.63) is 40.8 Å². The Balaban J connectivity index is 1.35. The number of nitrogens with zero attached hydrogens (tertiary/aromatic N) is 1. The van der Waals surface area contributed by atoms with Crippen LogP contribution < -0.4 is 10.1 Å². The lowest BCUT2D eigenvalue weighted by atomic mass is 9.94. The number of carbonyl (C=O) groups is 1. The number of carbonyl (C=O) groups excluding carboxylic acids is 1.